The maximum atomic E-state index is 12.9. The number of aromatic nitrogens is 5. The summed E-state index contributed by atoms with van der Waals surface area (Å²) >= 11 is 0. The average Bonchev–Trinajstić information content (AvgIpc) is 3.02. The molecule has 2 aromatic carbocycles. The molecule has 0 N–H and O–H groups in total. The van der Waals surface area contributed by atoms with Crippen molar-refractivity contribution in [1.29, 1.82) is 0 Å². The molecule has 0 spiro atoms. The van der Waals surface area contributed by atoms with Gasteiger partial charge in [-0.2, -0.15) is 4.52 Å². The van der Waals surface area contributed by atoms with Crippen LogP contribution in [-0.2, 0) is 6.54 Å². The van der Waals surface area contributed by atoms with Crippen LogP contribution in [-0.4, -0.2) is 24.6 Å². The van der Waals surface area contributed by atoms with Crippen molar-refractivity contribution in [2.24, 2.45) is 0 Å². The van der Waals surface area contributed by atoms with Crippen LogP contribution in [0, 0.1) is 6.92 Å². The smallest absolute Gasteiger partial charge is 0.263 e. The quantitative estimate of drug-likeness (QED) is 0.565. The highest BCUT2D eigenvalue weighted by atomic mass is 16.1. The summed E-state index contributed by atoms with van der Waals surface area (Å²) in [6, 6.07) is 15.5. The molecular formula is C16H13N5O. The standard InChI is InChI=1S/C16H13N5O/c1-11-7-8-14-13(9-11)15(22)20(16-17-18-19-21(14)16)10-12-5-3-2-4-6-12/h2-9H,10H2,1H3. The molecule has 0 amide bonds. The van der Waals surface area contributed by atoms with Crippen molar-refractivity contribution in [1.82, 2.24) is 24.6 Å². The minimum Gasteiger partial charge on any atom is -0.271 e. The Morgan fingerprint density at radius 3 is 2.73 bits per heavy atom. The molecule has 6 nitrogen and oxygen atoms in total. The molecule has 0 aliphatic heterocycles. The fourth-order valence-corrected chi connectivity index (χ4v) is 2.66. The second-order valence-corrected chi connectivity index (χ2v) is 5.29. The fraction of sp³-hybridized carbons (Fsp3) is 0.125. The Hall–Kier alpha value is -3.02. The molecule has 0 unspecified atom stereocenters. The molecule has 4 aromatic rings. The van der Waals surface area contributed by atoms with E-state index in [1.54, 1.807) is 9.08 Å². The molecule has 0 fully saturated rings. The van der Waals surface area contributed by atoms with E-state index in [1.807, 2.05) is 55.5 Å². The van der Waals surface area contributed by atoms with Crippen LogP contribution >= 0.6 is 0 Å². The van der Waals surface area contributed by atoms with E-state index < -0.39 is 0 Å². The van der Waals surface area contributed by atoms with Gasteiger partial charge < -0.3 is 0 Å². The van der Waals surface area contributed by atoms with Gasteiger partial charge in [-0.3, -0.25) is 9.36 Å². The van der Waals surface area contributed by atoms with Crippen LogP contribution in [0.15, 0.2) is 53.3 Å². The molecule has 2 aromatic heterocycles. The lowest BCUT2D eigenvalue weighted by atomic mass is 10.1. The number of rotatable bonds is 2. The Balaban J connectivity index is 2.05. The molecule has 0 radical (unpaired) electrons. The van der Waals surface area contributed by atoms with Crippen LogP contribution in [0.4, 0.5) is 0 Å². The minimum atomic E-state index is -0.0788. The van der Waals surface area contributed by atoms with E-state index in [1.165, 1.54) is 0 Å². The lowest BCUT2D eigenvalue weighted by Gasteiger charge is -2.09. The van der Waals surface area contributed by atoms with Gasteiger partial charge in [0.15, 0.2) is 0 Å². The third kappa shape index (κ3) is 1.88. The summed E-state index contributed by atoms with van der Waals surface area (Å²) < 4.78 is 3.22. The summed E-state index contributed by atoms with van der Waals surface area (Å²) in [6.45, 7) is 2.40. The number of hydrogen-bond donors (Lipinski definition) is 0. The zero-order chi connectivity index (χ0) is 15.1. The molecule has 0 aliphatic carbocycles. The van der Waals surface area contributed by atoms with Crippen molar-refractivity contribution in [2.45, 2.75) is 13.5 Å². The molecule has 22 heavy (non-hydrogen) atoms. The van der Waals surface area contributed by atoms with Crippen LogP contribution in [0.5, 0.6) is 0 Å². The number of aryl methyl sites for hydroxylation is 1. The molecule has 0 bridgehead atoms. The molecule has 2 heterocycles. The Bertz CT molecular complexity index is 1030. The van der Waals surface area contributed by atoms with Crippen LogP contribution in [0.1, 0.15) is 11.1 Å². The average molecular weight is 291 g/mol. The maximum absolute atomic E-state index is 12.9. The number of nitrogens with zero attached hydrogens (tertiary/aromatic N) is 5. The van der Waals surface area contributed by atoms with E-state index in [0.29, 0.717) is 17.7 Å². The van der Waals surface area contributed by atoms with E-state index in [4.69, 9.17) is 0 Å². The first-order valence-corrected chi connectivity index (χ1v) is 6.99. The van der Waals surface area contributed by atoms with Gasteiger partial charge in [0.2, 0.25) is 0 Å². The highest BCUT2D eigenvalue weighted by Crippen LogP contribution is 2.14. The first kappa shape index (κ1) is 12.7. The van der Waals surface area contributed by atoms with Crippen molar-refractivity contribution >= 4 is 16.7 Å². The van der Waals surface area contributed by atoms with Crippen molar-refractivity contribution < 1.29 is 0 Å². The zero-order valence-corrected chi connectivity index (χ0v) is 12.0. The molecule has 0 saturated carbocycles. The second-order valence-electron chi connectivity index (χ2n) is 5.29. The largest absolute Gasteiger partial charge is 0.271 e. The van der Waals surface area contributed by atoms with Gasteiger partial charge in [0, 0.05) is 0 Å². The Kier molecular flexibility index (Phi) is 2.75. The van der Waals surface area contributed by atoms with Crippen molar-refractivity contribution in [2.75, 3.05) is 0 Å². The maximum Gasteiger partial charge on any atom is 0.263 e. The zero-order valence-electron chi connectivity index (χ0n) is 12.0. The monoisotopic (exact) mass is 291 g/mol. The fourth-order valence-electron chi connectivity index (χ4n) is 2.66. The van der Waals surface area contributed by atoms with Gasteiger partial charge in [0.05, 0.1) is 17.4 Å². The van der Waals surface area contributed by atoms with Gasteiger partial charge in [0.1, 0.15) is 0 Å². The van der Waals surface area contributed by atoms with E-state index in [2.05, 4.69) is 15.5 Å². The molecule has 6 heteroatoms. The lowest BCUT2D eigenvalue weighted by molar-refractivity contribution is 0.758. The SMILES string of the molecule is Cc1ccc2c(c1)c(=O)n(Cc1ccccc1)c1nnnn21. The topological polar surface area (TPSA) is 65.1 Å². The van der Waals surface area contributed by atoms with Gasteiger partial charge in [-0.25, -0.2) is 0 Å². The second kappa shape index (κ2) is 4.77. The summed E-state index contributed by atoms with van der Waals surface area (Å²) in [5.74, 6) is 0.449. The molecule has 0 atom stereocenters. The Morgan fingerprint density at radius 1 is 1.09 bits per heavy atom. The van der Waals surface area contributed by atoms with E-state index in [0.717, 1.165) is 16.6 Å². The minimum absolute atomic E-state index is 0.0788. The number of fused-ring (bicyclic) bond motifs is 3. The van der Waals surface area contributed by atoms with Crippen molar-refractivity contribution in [3.05, 3.63) is 70.0 Å². The van der Waals surface area contributed by atoms with Gasteiger partial charge in [-0.1, -0.05) is 47.1 Å². The summed E-state index contributed by atoms with van der Waals surface area (Å²) in [4.78, 5) is 12.9. The van der Waals surface area contributed by atoms with Crippen LogP contribution in [0.3, 0.4) is 0 Å². The number of tetrazole rings is 1. The van der Waals surface area contributed by atoms with E-state index in [9.17, 15) is 4.79 Å². The molecule has 4 rings (SSSR count). The highest BCUT2D eigenvalue weighted by Gasteiger charge is 2.13. The first-order chi connectivity index (χ1) is 10.7. The van der Waals surface area contributed by atoms with Gasteiger partial charge in [-0.15, -0.1) is 0 Å². The number of hydrogen-bond acceptors (Lipinski definition) is 4. The summed E-state index contributed by atoms with van der Waals surface area (Å²) in [5, 5.41) is 12.4. The molecular weight excluding hydrogens is 278 g/mol. The lowest BCUT2D eigenvalue weighted by Crippen LogP contribution is -2.24. The first-order valence-electron chi connectivity index (χ1n) is 6.99. The summed E-state index contributed by atoms with van der Waals surface area (Å²) in [5.41, 5.74) is 2.70. The predicted molar refractivity (Wildman–Crippen MR) is 82.8 cm³/mol. The van der Waals surface area contributed by atoms with Gasteiger partial charge in [0.25, 0.3) is 11.3 Å². The van der Waals surface area contributed by atoms with E-state index >= 15 is 0 Å². The highest BCUT2D eigenvalue weighted by molar-refractivity contribution is 5.80. The third-order valence-corrected chi connectivity index (χ3v) is 3.73. The molecule has 0 saturated heterocycles. The van der Waals surface area contributed by atoms with Gasteiger partial charge >= 0.3 is 0 Å². The van der Waals surface area contributed by atoms with Gasteiger partial charge in [-0.05, 0) is 35.0 Å². The number of benzene rings is 2. The summed E-state index contributed by atoms with van der Waals surface area (Å²) in [7, 11) is 0. The van der Waals surface area contributed by atoms with Crippen molar-refractivity contribution in [3.63, 3.8) is 0 Å². The summed E-state index contributed by atoms with van der Waals surface area (Å²) in [6.07, 6.45) is 0. The van der Waals surface area contributed by atoms with Crippen LogP contribution in [0.25, 0.3) is 16.7 Å². The van der Waals surface area contributed by atoms with E-state index in [-0.39, 0.29) is 5.56 Å². The normalized spacial score (nSPS) is 11.3. The predicted octanol–water partition coefficient (Wildman–Crippen LogP) is 1.80. The Morgan fingerprint density at radius 2 is 1.91 bits per heavy atom. The Labute approximate surface area is 125 Å². The molecule has 0 aliphatic rings. The van der Waals surface area contributed by atoms with Crippen LogP contribution < -0.4 is 5.56 Å². The van der Waals surface area contributed by atoms with Crippen molar-refractivity contribution in [3.8, 4) is 0 Å². The third-order valence-electron chi connectivity index (χ3n) is 3.73. The molecule has 108 valence electrons. The van der Waals surface area contributed by atoms with Crippen LogP contribution in [0.2, 0.25) is 0 Å².